The summed E-state index contributed by atoms with van der Waals surface area (Å²) in [6.45, 7) is -0.0865. The van der Waals surface area contributed by atoms with Crippen LogP contribution in [0.5, 0.6) is 5.75 Å². The van der Waals surface area contributed by atoms with Crippen LogP contribution in [-0.2, 0) is 6.42 Å². The Morgan fingerprint density at radius 1 is 1.29 bits per heavy atom. The molecule has 2 heterocycles. The van der Waals surface area contributed by atoms with Crippen molar-refractivity contribution < 1.29 is 27.8 Å². The molecule has 1 amide bonds. The number of rotatable bonds is 6. The van der Waals surface area contributed by atoms with Gasteiger partial charge in [-0.3, -0.25) is 4.79 Å². The summed E-state index contributed by atoms with van der Waals surface area (Å²) in [4.78, 5) is 16.2. The van der Waals surface area contributed by atoms with E-state index >= 15 is 0 Å². The summed E-state index contributed by atoms with van der Waals surface area (Å²) in [5, 5.41) is 15.2. The molecule has 0 atom stereocenters. The van der Waals surface area contributed by atoms with Gasteiger partial charge in [0.15, 0.2) is 5.65 Å². The number of hydrogen-bond donors (Lipinski definition) is 2. The molecule has 0 spiro atoms. The average molecular weight is 415 g/mol. The van der Waals surface area contributed by atoms with Crippen LogP contribution in [0.15, 0.2) is 36.8 Å². The Morgan fingerprint density at radius 2 is 2.07 bits per heavy atom. The number of hydrogen-bond acceptors (Lipinski definition) is 5. The molecule has 148 valence electrons. The van der Waals surface area contributed by atoms with Crippen LogP contribution in [0.4, 0.5) is 13.2 Å². The minimum absolute atomic E-state index is 0.104. The van der Waals surface area contributed by atoms with Crippen LogP contribution < -0.4 is 10.1 Å². The second-order valence-corrected chi connectivity index (χ2v) is 6.16. The first kappa shape index (κ1) is 19.9. The molecule has 28 heavy (non-hydrogen) atoms. The minimum atomic E-state index is -4.84. The number of aliphatic hydroxyl groups excluding tert-OH is 1. The zero-order chi connectivity index (χ0) is 20.3. The Morgan fingerprint density at radius 3 is 2.79 bits per heavy atom. The Hall–Kier alpha value is -2.85. The molecular formula is C17H14ClF3N4O3. The van der Waals surface area contributed by atoms with Gasteiger partial charge in [-0.25, -0.2) is 9.50 Å². The van der Waals surface area contributed by atoms with Gasteiger partial charge in [0, 0.05) is 25.4 Å². The first-order valence-electron chi connectivity index (χ1n) is 8.02. The number of aromatic nitrogens is 3. The molecule has 3 aromatic rings. The van der Waals surface area contributed by atoms with Crippen LogP contribution in [0.3, 0.4) is 0 Å². The van der Waals surface area contributed by atoms with Crippen molar-refractivity contribution in [2.75, 3.05) is 13.2 Å². The maximum Gasteiger partial charge on any atom is 0.573 e. The van der Waals surface area contributed by atoms with Crippen LogP contribution >= 0.6 is 11.6 Å². The molecule has 2 aromatic heterocycles. The molecule has 0 fully saturated rings. The van der Waals surface area contributed by atoms with Crippen molar-refractivity contribution in [3.05, 3.63) is 58.5 Å². The molecule has 2 N–H and O–H groups in total. The average Bonchev–Trinajstić information content (AvgIpc) is 3.04. The SMILES string of the molecule is O=C(NCCO)c1cnn2cc(Cc3ccc(Cl)c(OC(F)(F)F)c3)cnc12. The van der Waals surface area contributed by atoms with Crippen LogP contribution in [0.2, 0.25) is 5.02 Å². The summed E-state index contributed by atoms with van der Waals surface area (Å²) >= 11 is 5.75. The van der Waals surface area contributed by atoms with Gasteiger partial charge in [-0.1, -0.05) is 17.7 Å². The van der Waals surface area contributed by atoms with Crippen LogP contribution in [0.1, 0.15) is 21.5 Å². The number of halogens is 4. The Balaban J connectivity index is 1.82. The van der Waals surface area contributed by atoms with E-state index in [0.717, 1.165) is 0 Å². The highest BCUT2D eigenvalue weighted by atomic mass is 35.5. The molecular weight excluding hydrogens is 401 g/mol. The van der Waals surface area contributed by atoms with Crippen molar-refractivity contribution >= 4 is 23.2 Å². The standard InChI is InChI=1S/C17H14ClF3N4O3/c18-13-2-1-10(6-14(13)28-17(19,20)21)5-11-7-23-15-12(8-24-25(15)9-11)16(27)22-3-4-26/h1-2,6-9,26H,3-5H2,(H,22,27). The number of ether oxygens (including phenoxy) is 1. The van der Waals surface area contributed by atoms with Gasteiger partial charge in [-0.05, 0) is 23.3 Å². The molecule has 7 nitrogen and oxygen atoms in total. The molecule has 0 radical (unpaired) electrons. The van der Waals surface area contributed by atoms with Crippen molar-refractivity contribution in [2.45, 2.75) is 12.8 Å². The maximum absolute atomic E-state index is 12.5. The summed E-state index contributed by atoms with van der Waals surface area (Å²) < 4.78 is 42.7. The van der Waals surface area contributed by atoms with E-state index in [9.17, 15) is 18.0 Å². The zero-order valence-electron chi connectivity index (χ0n) is 14.2. The van der Waals surface area contributed by atoms with Gasteiger partial charge in [0.05, 0.1) is 17.8 Å². The normalized spacial score (nSPS) is 11.6. The van der Waals surface area contributed by atoms with Crippen molar-refractivity contribution in [1.82, 2.24) is 19.9 Å². The first-order chi connectivity index (χ1) is 13.3. The van der Waals surface area contributed by atoms with E-state index < -0.39 is 18.0 Å². The van der Waals surface area contributed by atoms with E-state index in [2.05, 4.69) is 20.1 Å². The Labute approximate surface area is 161 Å². The molecule has 0 aliphatic heterocycles. The summed E-state index contributed by atoms with van der Waals surface area (Å²) in [7, 11) is 0. The van der Waals surface area contributed by atoms with Crippen molar-refractivity contribution in [2.24, 2.45) is 0 Å². The first-order valence-corrected chi connectivity index (χ1v) is 8.40. The predicted molar refractivity (Wildman–Crippen MR) is 93.3 cm³/mol. The van der Waals surface area contributed by atoms with E-state index in [0.29, 0.717) is 16.8 Å². The highest BCUT2D eigenvalue weighted by Crippen LogP contribution is 2.31. The molecule has 0 bridgehead atoms. The van der Waals surface area contributed by atoms with Gasteiger partial charge in [0.2, 0.25) is 0 Å². The Kier molecular flexibility index (Phi) is 5.71. The van der Waals surface area contributed by atoms with Crippen LogP contribution in [0, 0.1) is 0 Å². The number of nitrogens with one attached hydrogen (secondary N) is 1. The van der Waals surface area contributed by atoms with Crippen LogP contribution in [0.25, 0.3) is 5.65 Å². The fourth-order valence-electron chi connectivity index (χ4n) is 2.53. The number of carbonyl (C=O) groups is 1. The van der Waals surface area contributed by atoms with E-state index in [1.54, 1.807) is 12.3 Å². The third kappa shape index (κ3) is 4.70. The quantitative estimate of drug-likeness (QED) is 0.647. The fourth-order valence-corrected chi connectivity index (χ4v) is 2.68. The molecule has 1 aromatic carbocycles. The topological polar surface area (TPSA) is 88.8 Å². The smallest absolute Gasteiger partial charge is 0.404 e. The molecule has 11 heteroatoms. The van der Waals surface area contributed by atoms with Gasteiger partial charge in [-0.2, -0.15) is 5.10 Å². The van der Waals surface area contributed by atoms with Crippen LogP contribution in [-0.4, -0.2) is 45.1 Å². The molecule has 3 rings (SSSR count). The van der Waals surface area contributed by atoms with Crippen molar-refractivity contribution in [3.63, 3.8) is 0 Å². The van der Waals surface area contributed by atoms with Crippen molar-refractivity contribution in [1.29, 1.82) is 0 Å². The zero-order valence-corrected chi connectivity index (χ0v) is 15.0. The van der Waals surface area contributed by atoms with Crippen molar-refractivity contribution in [3.8, 4) is 5.75 Å². The number of carbonyl (C=O) groups excluding carboxylic acids is 1. The minimum Gasteiger partial charge on any atom is -0.404 e. The largest absolute Gasteiger partial charge is 0.573 e. The lowest BCUT2D eigenvalue weighted by molar-refractivity contribution is -0.274. The highest BCUT2D eigenvalue weighted by molar-refractivity contribution is 6.32. The molecule has 0 unspecified atom stereocenters. The van der Waals surface area contributed by atoms with E-state index in [-0.39, 0.29) is 30.2 Å². The molecule has 0 saturated heterocycles. The third-order valence-electron chi connectivity index (χ3n) is 3.68. The van der Waals surface area contributed by atoms with Gasteiger partial charge in [0.1, 0.15) is 11.3 Å². The second kappa shape index (κ2) is 8.03. The van der Waals surface area contributed by atoms with Gasteiger partial charge < -0.3 is 15.2 Å². The molecule has 0 aliphatic carbocycles. The lowest BCUT2D eigenvalue weighted by atomic mass is 10.1. The van der Waals surface area contributed by atoms with Gasteiger partial charge in [0.25, 0.3) is 5.91 Å². The molecule has 0 saturated carbocycles. The number of nitrogens with zero attached hydrogens (tertiary/aromatic N) is 3. The number of aliphatic hydroxyl groups is 1. The van der Waals surface area contributed by atoms with Gasteiger partial charge in [-0.15, -0.1) is 13.2 Å². The lowest BCUT2D eigenvalue weighted by Gasteiger charge is -2.12. The maximum atomic E-state index is 12.5. The number of fused-ring (bicyclic) bond motifs is 1. The van der Waals surface area contributed by atoms with E-state index in [1.807, 2.05) is 0 Å². The second-order valence-electron chi connectivity index (χ2n) is 5.76. The predicted octanol–water partition coefficient (Wildman–Crippen LogP) is 2.59. The van der Waals surface area contributed by atoms with E-state index in [4.69, 9.17) is 16.7 Å². The third-order valence-corrected chi connectivity index (χ3v) is 3.99. The summed E-state index contributed by atoms with van der Waals surface area (Å²) in [5.74, 6) is -0.904. The van der Waals surface area contributed by atoms with E-state index in [1.165, 1.54) is 29.0 Å². The summed E-state index contributed by atoms with van der Waals surface area (Å²) in [5.41, 5.74) is 1.74. The Bertz CT molecular complexity index is 1010. The number of benzene rings is 1. The number of alkyl halides is 3. The summed E-state index contributed by atoms with van der Waals surface area (Å²) in [6.07, 6.45) is -0.135. The molecule has 0 aliphatic rings. The summed E-state index contributed by atoms with van der Waals surface area (Å²) in [6, 6.07) is 4.10. The lowest BCUT2D eigenvalue weighted by Crippen LogP contribution is -2.26. The van der Waals surface area contributed by atoms with Gasteiger partial charge >= 0.3 is 6.36 Å². The monoisotopic (exact) mass is 414 g/mol. The highest BCUT2D eigenvalue weighted by Gasteiger charge is 2.32. The number of amides is 1. The fraction of sp³-hybridized carbons (Fsp3) is 0.235.